The number of nitrogens with zero attached hydrogens (tertiary/aromatic N) is 2. The van der Waals surface area contributed by atoms with Crippen LogP contribution in [0.2, 0.25) is 10.0 Å². The van der Waals surface area contributed by atoms with Crippen LogP contribution in [0.4, 0.5) is 9.93 Å². The number of carbonyl (C=O) groups is 1. The van der Waals surface area contributed by atoms with Gasteiger partial charge in [0.25, 0.3) is 0 Å². The van der Waals surface area contributed by atoms with Crippen molar-refractivity contribution in [2.75, 3.05) is 5.32 Å². The maximum Gasteiger partial charge on any atom is 0.321 e. The Balaban J connectivity index is 1.58. The van der Waals surface area contributed by atoms with Gasteiger partial charge in [0.05, 0.1) is 5.69 Å². The van der Waals surface area contributed by atoms with Crippen LogP contribution in [0.15, 0.2) is 48.1 Å². The molecule has 0 saturated heterocycles. The van der Waals surface area contributed by atoms with Crippen LogP contribution < -0.4 is 10.6 Å². The summed E-state index contributed by atoms with van der Waals surface area (Å²) in [4.78, 5) is 20.4. The van der Waals surface area contributed by atoms with Crippen molar-refractivity contribution in [2.45, 2.75) is 6.54 Å². The van der Waals surface area contributed by atoms with Crippen LogP contribution in [0, 0.1) is 0 Å². The van der Waals surface area contributed by atoms with Crippen molar-refractivity contribution in [3.05, 3.63) is 63.7 Å². The van der Waals surface area contributed by atoms with E-state index < -0.39 is 0 Å². The zero-order valence-electron chi connectivity index (χ0n) is 12.3. The van der Waals surface area contributed by atoms with Gasteiger partial charge in [0, 0.05) is 39.9 Å². The second kappa shape index (κ2) is 7.61. The number of anilines is 1. The molecule has 0 spiro atoms. The Morgan fingerprint density at radius 3 is 2.88 bits per heavy atom. The minimum atomic E-state index is -0.354. The number of aromatic nitrogens is 2. The van der Waals surface area contributed by atoms with E-state index in [0.717, 1.165) is 16.8 Å². The summed E-state index contributed by atoms with van der Waals surface area (Å²) in [6, 6.07) is 8.53. The zero-order valence-corrected chi connectivity index (χ0v) is 14.6. The van der Waals surface area contributed by atoms with E-state index in [1.165, 1.54) is 11.3 Å². The summed E-state index contributed by atoms with van der Waals surface area (Å²) in [5.41, 5.74) is 2.45. The number of hydrogen-bond donors (Lipinski definition) is 2. The Labute approximate surface area is 152 Å². The van der Waals surface area contributed by atoms with E-state index in [9.17, 15) is 4.79 Å². The lowest BCUT2D eigenvalue weighted by molar-refractivity contribution is 0.251. The fourth-order valence-corrected chi connectivity index (χ4v) is 3.15. The predicted octanol–water partition coefficient (Wildman–Crippen LogP) is 4.83. The van der Waals surface area contributed by atoms with Crippen molar-refractivity contribution in [1.29, 1.82) is 0 Å². The highest BCUT2D eigenvalue weighted by atomic mass is 35.5. The number of thiazole rings is 1. The number of carbonyl (C=O) groups excluding carboxylic acids is 1. The number of halogens is 2. The SMILES string of the molecule is O=C(NCc1ccc(Cl)cc1Cl)Nc1nc(-c2cccnc2)cs1. The Hall–Kier alpha value is -2.15. The minimum absolute atomic E-state index is 0.294. The van der Waals surface area contributed by atoms with E-state index in [4.69, 9.17) is 23.2 Å². The maximum atomic E-state index is 12.0. The molecule has 3 rings (SSSR count). The van der Waals surface area contributed by atoms with Crippen molar-refractivity contribution in [2.24, 2.45) is 0 Å². The summed E-state index contributed by atoms with van der Waals surface area (Å²) in [6.07, 6.45) is 3.42. The van der Waals surface area contributed by atoms with Gasteiger partial charge in [-0.1, -0.05) is 29.3 Å². The summed E-state index contributed by atoms with van der Waals surface area (Å²) in [6.45, 7) is 0.294. The molecule has 0 aliphatic carbocycles. The van der Waals surface area contributed by atoms with Crippen molar-refractivity contribution >= 4 is 45.7 Å². The molecular formula is C16H12Cl2N4OS. The molecule has 0 atom stereocenters. The van der Waals surface area contributed by atoms with Gasteiger partial charge >= 0.3 is 6.03 Å². The Morgan fingerprint density at radius 1 is 1.25 bits per heavy atom. The Bertz CT molecular complexity index is 854. The summed E-state index contributed by atoms with van der Waals surface area (Å²) in [5.74, 6) is 0. The van der Waals surface area contributed by atoms with Crippen LogP contribution in [0.3, 0.4) is 0 Å². The average Bonchev–Trinajstić information content (AvgIpc) is 3.03. The summed E-state index contributed by atoms with van der Waals surface area (Å²) in [7, 11) is 0. The van der Waals surface area contributed by atoms with Gasteiger partial charge in [-0.3, -0.25) is 10.3 Å². The van der Waals surface area contributed by atoms with Crippen molar-refractivity contribution in [3.63, 3.8) is 0 Å². The smallest absolute Gasteiger partial charge is 0.321 e. The van der Waals surface area contributed by atoms with Crippen molar-refractivity contribution < 1.29 is 4.79 Å². The second-order valence-corrected chi connectivity index (χ2v) is 6.52. The third-order valence-corrected chi connectivity index (χ3v) is 4.48. The molecule has 0 aliphatic heterocycles. The first-order valence-corrected chi connectivity index (χ1v) is 8.60. The van der Waals surface area contributed by atoms with E-state index in [0.29, 0.717) is 21.7 Å². The lowest BCUT2D eigenvalue weighted by Crippen LogP contribution is -2.28. The lowest BCUT2D eigenvalue weighted by atomic mass is 10.2. The van der Waals surface area contributed by atoms with Gasteiger partial charge in [-0.15, -0.1) is 11.3 Å². The van der Waals surface area contributed by atoms with Gasteiger partial charge in [0.15, 0.2) is 5.13 Å². The molecule has 0 saturated carbocycles. The maximum absolute atomic E-state index is 12.0. The van der Waals surface area contributed by atoms with Crippen molar-refractivity contribution in [3.8, 4) is 11.3 Å². The average molecular weight is 379 g/mol. The molecule has 0 aliphatic rings. The number of benzene rings is 1. The number of nitrogens with one attached hydrogen (secondary N) is 2. The molecule has 2 aromatic heterocycles. The molecule has 3 aromatic rings. The first-order chi connectivity index (χ1) is 11.6. The van der Waals surface area contributed by atoms with E-state index >= 15 is 0 Å². The first kappa shape index (κ1) is 16.7. The standard InChI is InChI=1S/C16H12Cl2N4OS/c17-12-4-3-10(13(18)6-12)8-20-15(23)22-16-21-14(9-24-16)11-2-1-5-19-7-11/h1-7,9H,8H2,(H2,20,21,22,23). The number of urea groups is 1. The predicted molar refractivity (Wildman–Crippen MR) is 97.7 cm³/mol. The molecule has 8 heteroatoms. The van der Waals surface area contributed by atoms with Crippen LogP contribution >= 0.6 is 34.5 Å². The van der Waals surface area contributed by atoms with Crippen LogP contribution in [0.25, 0.3) is 11.3 Å². The molecule has 0 fully saturated rings. The largest absolute Gasteiger partial charge is 0.334 e. The van der Waals surface area contributed by atoms with Crippen molar-refractivity contribution in [1.82, 2.24) is 15.3 Å². The molecule has 2 heterocycles. The third kappa shape index (κ3) is 4.23. The van der Waals surface area contributed by atoms with Crippen LogP contribution in [0.1, 0.15) is 5.56 Å². The highest BCUT2D eigenvalue weighted by molar-refractivity contribution is 7.14. The number of rotatable bonds is 4. The summed E-state index contributed by atoms with van der Waals surface area (Å²) in [5, 5.41) is 8.87. The molecule has 5 nitrogen and oxygen atoms in total. The highest BCUT2D eigenvalue weighted by Gasteiger charge is 2.09. The molecular weight excluding hydrogens is 367 g/mol. The fourth-order valence-electron chi connectivity index (χ4n) is 1.96. The van der Waals surface area contributed by atoms with E-state index in [1.807, 2.05) is 17.5 Å². The first-order valence-electron chi connectivity index (χ1n) is 6.96. The van der Waals surface area contributed by atoms with Gasteiger partial charge in [0.1, 0.15) is 0 Å². The minimum Gasteiger partial charge on any atom is -0.334 e. The molecule has 0 radical (unpaired) electrons. The Kier molecular flexibility index (Phi) is 5.30. The fraction of sp³-hybridized carbons (Fsp3) is 0.0625. The van der Waals surface area contributed by atoms with Gasteiger partial charge in [-0.05, 0) is 29.8 Å². The number of amides is 2. The molecule has 24 heavy (non-hydrogen) atoms. The van der Waals surface area contributed by atoms with E-state index in [2.05, 4.69) is 20.6 Å². The highest BCUT2D eigenvalue weighted by Crippen LogP contribution is 2.24. The molecule has 2 N–H and O–H groups in total. The number of pyridine rings is 1. The Morgan fingerprint density at radius 2 is 2.12 bits per heavy atom. The van der Waals surface area contributed by atoms with Gasteiger partial charge in [0.2, 0.25) is 0 Å². The van der Waals surface area contributed by atoms with Gasteiger partial charge in [-0.25, -0.2) is 9.78 Å². The monoisotopic (exact) mass is 378 g/mol. The molecule has 122 valence electrons. The van der Waals surface area contributed by atoms with Crippen LogP contribution in [-0.4, -0.2) is 16.0 Å². The molecule has 2 amide bonds. The van der Waals surface area contributed by atoms with Gasteiger partial charge in [-0.2, -0.15) is 0 Å². The van der Waals surface area contributed by atoms with Crippen LogP contribution in [-0.2, 0) is 6.54 Å². The van der Waals surface area contributed by atoms with Crippen LogP contribution in [0.5, 0.6) is 0 Å². The summed E-state index contributed by atoms with van der Waals surface area (Å²) < 4.78 is 0. The lowest BCUT2D eigenvalue weighted by Gasteiger charge is -2.07. The summed E-state index contributed by atoms with van der Waals surface area (Å²) >= 11 is 13.3. The van der Waals surface area contributed by atoms with Gasteiger partial charge < -0.3 is 5.32 Å². The molecule has 0 unspecified atom stereocenters. The number of hydrogen-bond acceptors (Lipinski definition) is 4. The third-order valence-electron chi connectivity index (χ3n) is 3.14. The zero-order chi connectivity index (χ0) is 16.9. The molecule has 0 bridgehead atoms. The van der Waals surface area contributed by atoms with E-state index in [1.54, 1.807) is 30.6 Å². The molecule has 1 aromatic carbocycles. The quantitative estimate of drug-likeness (QED) is 0.682. The topological polar surface area (TPSA) is 66.9 Å². The van der Waals surface area contributed by atoms with E-state index in [-0.39, 0.29) is 6.03 Å². The second-order valence-electron chi connectivity index (χ2n) is 4.82. The normalized spacial score (nSPS) is 10.4.